The van der Waals surface area contributed by atoms with E-state index in [9.17, 15) is 21.6 Å². The Morgan fingerprint density at radius 3 is 2.39 bits per heavy atom. The molecule has 0 amide bonds. The maximum absolute atomic E-state index is 13.1. The summed E-state index contributed by atoms with van der Waals surface area (Å²) in [5.41, 5.74) is 0.950. The molecule has 1 saturated heterocycles. The highest BCUT2D eigenvalue weighted by atomic mass is 35.5. The van der Waals surface area contributed by atoms with Gasteiger partial charge in [0.2, 0.25) is 10.0 Å². The average Bonchev–Trinajstić information content (AvgIpc) is 2.88. The lowest BCUT2D eigenvalue weighted by Crippen LogP contribution is -2.34. The SMILES string of the molecule is O=S(=O)(c1ccccc1OC(F)(F)F)N1CCCCC(c2ccc(Cl)cc2)C1. The first-order valence-electron chi connectivity index (χ1n) is 8.77. The van der Waals surface area contributed by atoms with Crippen LogP contribution in [-0.4, -0.2) is 32.2 Å². The molecule has 1 unspecified atom stereocenters. The van der Waals surface area contributed by atoms with Crippen LogP contribution in [0.3, 0.4) is 0 Å². The number of para-hydroxylation sites is 1. The molecule has 28 heavy (non-hydrogen) atoms. The minimum absolute atomic E-state index is 0.0646. The Kier molecular flexibility index (Phi) is 6.21. The van der Waals surface area contributed by atoms with E-state index in [2.05, 4.69) is 4.74 Å². The van der Waals surface area contributed by atoms with E-state index in [4.69, 9.17) is 11.6 Å². The second kappa shape index (κ2) is 8.31. The quantitative estimate of drug-likeness (QED) is 0.666. The van der Waals surface area contributed by atoms with E-state index in [1.165, 1.54) is 16.4 Å². The molecule has 1 aliphatic heterocycles. The molecule has 2 aromatic carbocycles. The molecule has 152 valence electrons. The van der Waals surface area contributed by atoms with Crippen molar-refractivity contribution in [1.82, 2.24) is 4.31 Å². The van der Waals surface area contributed by atoms with Crippen LogP contribution >= 0.6 is 11.6 Å². The molecule has 0 aliphatic carbocycles. The lowest BCUT2D eigenvalue weighted by molar-refractivity contribution is -0.275. The molecule has 1 atom stereocenters. The zero-order chi connectivity index (χ0) is 20.4. The minimum atomic E-state index is -4.98. The third-order valence-corrected chi connectivity index (χ3v) is 6.82. The number of rotatable bonds is 4. The highest BCUT2D eigenvalue weighted by Gasteiger charge is 2.36. The Bertz CT molecular complexity index is 917. The standard InChI is InChI=1S/C19H19ClF3NO3S/c20-16-10-8-14(9-11-16)15-5-3-4-12-24(13-15)28(25,26)18-7-2-1-6-17(18)27-19(21,22)23/h1-2,6-11,15H,3-5,12-13H2. The first-order valence-corrected chi connectivity index (χ1v) is 10.6. The monoisotopic (exact) mass is 433 g/mol. The van der Waals surface area contributed by atoms with Crippen molar-refractivity contribution < 1.29 is 26.3 Å². The van der Waals surface area contributed by atoms with Gasteiger partial charge < -0.3 is 4.74 Å². The number of alkyl halides is 3. The summed E-state index contributed by atoms with van der Waals surface area (Å²) in [4.78, 5) is -0.482. The van der Waals surface area contributed by atoms with E-state index in [-0.39, 0.29) is 19.0 Å². The van der Waals surface area contributed by atoms with Gasteiger partial charge in [-0.15, -0.1) is 13.2 Å². The second-order valence-electron chi connectivity index (χ2n) is 6.60. The molecule has 9 heteroatoms. The van der Waals surface area contributed by atoms with Crippen molar-refractivity contribution in [3.05, 3.63) is 59.1 Å². The van der Waals surface area contributed by atoms with Crippen molar-refractivity contribution >= 4 is 21.6 Å². The molecule has 0 spiro atoms. The lowest BCUT2D eigenvalue weighted by Gasteiger charge is -2.25. The fourth-order valence-corrected chi connectivity index (χ4v) is 5.11. The van der Waals surface area contributed by atoms with Gasteiger partial charge in [-0.25, -0.2) is 8.42 Å². The van der Waals surface area contributed by atoms with Crippen LogP contribution in [0.15, 0.2) is 53.4 Å². The van der Waals surface area contributed by atoms with Crippen molar-refractivity contribution in [3.63, 3.8) is 0 Å². The summed E-state index contributed by atoms with van der Waals surface area (Å²) in [7, 11) is -4.16. The Hall–Kier alpha value is -1.77. The molecular weight excluding hydrogens is 415 g/mol. The van der Waals surface area contributed by atoms with Crippen LogP contribution in [0, 0.1) is 0 Å². The molecule has 1 fully saturated rings. The molecule has 0 bridgehead atoms. The zero-order valence-electron chi connectivity index (χ0n) is 14.8. The van der Waals surface area contributed by atoms with Crippen LogP contribution in [0.2, 0.25) is 5.02 Å². The van der Waals surface area contributed by atoms with Gasteiger partial charge in [0.25, 0.3) is 0 Å². The summed E-state index contributed by atoms with van der Waals surface area (Å²) in [6, 6.07) is 12.0. The van der Waals surface area contributed by atoms with E-state index < -0.39 is 27.0 Å². The van der Waals surface area contributed by atoms with Crippen LogP contribution in [0.4, 0.5) is 13.2 Å². The Balaban J connectivity index is 1.91. The Morgan fingerprint density at radius 1 is 1.04 bits per heavy atom. The molecule has 1 heterocycles. The molecular formula is C19H19ClF3NO3S. The van der Waals surface area contributed by atoms with Crippen molar-refractivity contribution in [3.8, 4) is 5.75 Å². The van der Waals surface area contributed by atoms with E-state index in [1.807, 2.05) is 12.1 Å². The number of hydrogen-bond acceptors (Lipinski definition) is 3. The topological polar surface area (TPSA) is 46.6 Å². The number of nitrogens with zero attached hydrogens (tertiary/aromatic N) is 1. The lowest BCUT2D eigenvalue weighted by atomic mass is 9.95. The molecule has 0 aromatic heterocycles. The van der Waals surface area contributed by atoms with Crippen LogP contribution in [-0.2, 0) is 10.0 Å². The van der Waals surface area contributed by atoms with Crippen molar-refractivity contribution in [1.29, 1.82) is 0 Å². The van der Waals surface area contributed by atoms with Gasteiger partial charge in [-0.1, -0.05) is 42.3 Å². The van der Waals surface area contributed by atoms with Gasteiger partial charge in [-0.3, -0.25) is 0 Å². The molecule has 0 N–H and O–H groups in total. The van der Waals surface area contributed by atoms with E-state index in [1.54, 1.807) is 12.1 Å². The molecule has 4 nitrogen and oxygen atoms in total. The van der Waals surface area contributed by atoms with Crippen molar-refractivity contribution in [2.75, 3.05) is 13.1 Å². The van der Waals surface area contributed by atoms with Gasteiger partial charge >= 0.3 is 6.36 Å². The summed E-state index contributed by atoms with van der Waals surface area (Å²) < 4.78 is 69.5. The van der Waals surface area contributed by atoms with E-state index in [0.717, 1.165) is 30.5 Å². The fraction of sp³-hybridized carbons (Fsp3) is 0.368. The number of benzene rings is 2. The molecule has 1 aliphatic rings. The van der Waals surface area contributed by atoms with Gasteiger partial charge in [0.1, 0.15) is 10.6 Å². The molecule has 3 rings (SSSR count). The molecule has 0 radical (unpaired) electrons. The molecule has 0 saturated carbocycles. The van der Waals surface area contributed by atoms with Crippen LogP contribution in [0.1, 0.15) is 30.7 Å². The van der Waals surface area contributed by atoms with E-state index in [0.29, 0.717) is 11.4 Å². The summed E-state index contributed by atoms with van der Waals surface area (Å²) in [5.74, 6) is -0.785. The maximum Gasteiger partial charge on any atom is 0.573 e. The van der Waals surface area contributed by atoms with Crippen LogP contribution in [0.5, 0.6) is 5.75 Å². The first-order chi connectivity index (χ1) is 13.2. The predicted octanol–water partition coefficient (Wildman–Crippen LogP) is 5.20. The van der Waals surface area contributed by atoms with E-state index >= 15 is 0 Å². The van der Waals surface area contributed by atoms with Gasteiger partial charge in [0, 0.05) is 18.1 Å². The van der Waals surface area contributed by atoms with Crippen LogP contribution in [0.25, 0.3) is 0 Å². The second-order valence-corrected chi connectivity index (χ2v) is 8.94. The summed E-state index contributed by atoms with van der Waals surface area (Å²) in [6.45, 7) is 0.428. The fourth-order valence-electron chi connectivity index (χ4n) is 3.34. The highest BCUT2D eigenvalue weighted by Crippen LogP contribution is 2.34. The maximum atomic E-state index is 13.1. The number of halogens is 4. The molecule has 2 aromatic rings. The Morgan fingerprint density at radius 2 is 1.71 bits per heavy atom. The van der Waals surface area contributed by atoms with Crippen molar-refractivity contribution in [2.45, 2.75) is 36.4 Å². The third-order valence-electron chi connectivity index (χ3n) is 4.67. The third kappa shape index (κ3) is 4.98. The summed E-state index contributed by atoms with van der Waals surface area (Å²) in [6.07, 6.45) is -2.74. The summed E-state index contributed by atoms with van der Waals surface area (Å²) in [5, 5.41) is 0.583. The van der Waals surface area contributed by atoms with Gasteiger partial charge in [0.15, 0.2) is 0 Å². The summed E-state index contributed by atoms with van der Waals surface area (Å²) >= 11 is 5.92. The number of sulfonamides is 1. The largest absolute Gasteiger partial charge is 0.573 e. The number of ether oxygens (including phenoxy) is 1. The predicted molar refractivity (Wildman–Crippen MR) is 99.9 cm³/mol. The zero-order valence-corrected chi connectivity index (χ0v) is 16.4. The van der Waals surface area contributed by atoms with Crippen LogP contribution < -0.4 is 4.74 Å². The average molecular weight is 434 g/mol. The van der Waals surface area contributed by atoms with Gasteiger partial charge in [-0.2, -0.15) is 4.31 Å². The number of hydrogen-bond donors (Lipinski definition) is 0. The van der Waals surface area contributed by atoms with Crippen molar-refractivity contribution in [2.24, 2.45) is 0 Å². The first kappa shape index (κ1) is 21.0. The normalized spacial score (nSPS) is 19.2. The highest BCUT2D eigenvalue weighted by molar-refractivity contribution is 7.89. The Labute approximate surface area is 166 Å². The minimum Gasteiger partial charge on any atom is -0.404 e. The van der Waals surface area contributed by atoms with Gasteiger partial charge in [0.05, 0.1) is 0 Å². The van der Waals surface area contributed by atoms with Gasteiger partial charge in [-0.05, 0) is 48.6 Å². The smallest absolute Gasteiger partial charge is 0.404 e.